The third kappa shape index (κ3) is 4.55. The monoisotopic (exact) mass is 355 g/mol. The highest BCUT2D eigenvalue weighted by atomic mass is 32.1. The predicted octanol–water partition coefficient (Wildman–Crippen LogP) is 3.36. The number of amides is 1. The average molecular weight is 355 g/mol. The van der Waals surface area contributed by atoms with Crippen LogP contribution in [-0.2, 0) is 11.2 Å². The molecule has 0 fully saturated rings. The molecule has 1 aromatic carbocycles. The molecule has 0 bridgehead atoms. The molecular weight excluding hydrogens is 334 g/mol. The van der Waals surface area contributed by atoms with E-state index in [0.717, 1.165) is 5.56 Å². The summed E-state index contributed by atoms with van der Waals surface area (Å²) in [5, 5.41) is 5.04. The molecule has 130 valence electrons. The Kier molecular flexibility index (Phi) is 5.63. The minimum Gasteiger partial charge on any atom is -0.444 e. The molecule has 25 heavy (non-hydrogen) atoms. The smallest absolute Gasteiger partial charge is 0.226 e. The van der Waals surface area contributed by atoms with Crippen molar-refractivity contribution in [3.8, 4) is 11.5 Å². The lowest BCUT2D eigenvalue weighted by atomic mass is 10.2. The maximum atomic E-state index is 12.2. The summed E-state index contributed by atoms with van der Waals surface area (Å²) in [6, 6.07) is 13.9. The molecule has 0 spiro atoms. The van der Waals surface area contributed by atoms with Crippen molar-refractivity contribution < 1.29 is 9.21 Å². The number of nitrogens with zero attached hydrogens (tertiary/aromatic N) is 2. The van der Waals surface area contributed by atoms with Gasteiger partial charge in [-0.1, -0.05) is 24.3 Å². The summed E-state index contributed by atoms with van der Waals surface area (Å²) in [6.07, 6.45) is 1.76. The van der Waals surface area contributed by atoms with Gasteiger partial charge in [0.1, 0.15) is 6.26 Å². The Hall–Kier alpha value is -2.44. The number of carbonyl (C=O) groups is 1. The highest BCUT2D eigenvalue weighted by molar-refractivity contribution is 7.10. The average Bonchev–Trinajstić information content (AvgIpc) is 3.28. The number of hydrogen-bond acceptors (Lipinski definition) is 5. The fourth-order valence-electron chi connectivity index (χ4n) is 2.56. The van der Waals surface area contributed by atoms with Gasteiger partial charge in [-0.25, -0.2) is 4.98 Å². The first-order chi connectivity index (χ1) is 12.1. The molecule has 1 atom stereocenters. The Morgan fingerprint density at radius 2 is 2.04 bits per heavy atom. The molecule has 3 aromatic rings. The number of thiophene rings is 1. The van der Waals surface area contributed by atoms with E-state index in [1.54, 1.807) is 17.6 Å². The van der Waals surface area contributed by atoms with Crippen LogP contribution in [0.3, 0.4) is 0 Å². The van der Waals surface area contributed by atoms with E-state index in [0.29, 0.717) is 18.1 Å². The van der Waals surface area contributed by atoms with Crippen molar-refractivity contribution in [2.45, 2.75) is 12.5 Å². The molecule has 1 amide bonds. The Labute approximate surface area is 151 Å². The molecular formula is C19H21N3O2S. The third-order valence-electron chi connectivity index (χ3n) is 3.90. The highest BCUT2D eigenvalue weighted by Crippen LogP contribution is 2.22. The quantitative estimate of drug-likeness (QED) is 0.706. The van der Waals surface area contributed by atoms with Gasteiger partial charge in [-0.2, -0.15) is 0 Å². The number of hydrogen-bond donors (Lipinski definition) is 1. The van der Waals surface area contributed by atoms with Gasteiger partial charge in [-0.05, 0) is 37.7 Å². The molecule has 0 saturated carbocycles. The molecule has 6 heteroatoms. The van der Waals surface area contributed by atoms with E-state index in [4.69, 9.17) is 4.42 Å². The van der Waals surface area contributed by atoms with E-state index in [2.05, 4.69) is 21.3 Å². The molecule has 1 N–H and O–H groups in total. The van der Waals surface area contributed by atoms with Gasteiger partial charge < -0.3 is 14.6 Å². The van der Waals surface area contributed by atoms with Gasteiger partial charge in [0.2, 0.25) is 11.8 Å². The zero-order valence-corrected chi connectivity index (χ0v) is 15.1. The lowest BCUT2D eigenvalue weighted by molar-refractivity contribution is -0.120. The first-order valence-corrected chi connectivity index (χ1v) is 8.98. The van der Waals surface area contributed by atoms with Crippen LogP contribution in [0.25, 0.3) is 11.5 Å². The second kappa shape index (κ2) is 8.09. The van der Waals surface area contributed by atoms with Crippen molar-refractivity contribution >= 4 is 17.2 Å². The van der Waals surface area contributed by atoms with Gasteiger partial charge in [-0.3, -0.25) is 4.79 Å². The van der Waals surface area contributed by atoms with Gasteiger partial charge in [0.25, 0.3) is 0 Å². The summed E-state index contributed by atoms with van der Waals surface area (Å²) in [5.74, 6) is 0.476. The second-order valence-electron chi connectivity index (χ2n) is 5.99. The SMILES string of the molecule is CN(C)C(CNC(=O)Cc1coc(-c2ccccc2)n1)c1cccs1. The van der Waals surface area contributed by atoms with Crippen molar-refractivity contribution in [3.05, 3.63) is 64.7 Å². The van der Waals surface area contributed by atoms with Crippen LogP contribution in [0.15, 0.2) is 58.5 Å². The van der Waals surface area contributed by atoms with E-state index >= 15 is 0 Å². The molecule has 2 aromatic heterocycles. The van der Waals surface area contributed by atoms with Crippen molar-refractivity contribution in [1.29, 1.82) is 0 Å². The first kappa shape index (κ1) is 17.4. The third-order valence-corrected chi connectivity index (χ3v) is 4.88. The summed E-state index contributed by atoms with van der Waals surface area (Å²) < 4.78 is 5.48. The van der Waals surface area contributed by atoms with Crippen molar-refractivity contribution in [2.75, 3.05) is 20.6 Å². The topological polar surface area (TPSA) is 58.4 Å². The summed E-state index contributed by atoms with van der Waals surface area (Å²) in [5.41, 5.74) is 1.54. The van der Waals surface area contributed by atoms with Gasteiger partial charge in [0.15, 0.2) is 0 Å². The predicted molar refractivity (Wildman–Crippen MR) is 99.4 cm³/mol. The van der Waals surface area contributed by atoms with E-state index in [-0.39, 0.29) is 18.4 Å². The Morgan fingerprint density at radius 1 is 1.24 bits per heavy atom. The lowest BCUT2D eigenvalue weighted by Crippen LogP contribution is -2.35. The Morgan fingerprint density at radius 3 is 2.72 bits per heavy atom. The van der Waals surface area contributed by atoms with Gasteiger partial charge >= 0.3 is 0 Å². The standard InChI is InChI=1S/C19H21N3O2S/c1-22(2)16(17-9-6-10-25-17)12-20-18(23)11-15-13-24-19(21-15)14-7-4-3-5-8-14/h3-10,13,16H,11-12H2,1-2H3,(H,20,23). The van der Waals surface area contributed by atoms with Crippen LogP contribution >= 0.6 is 11.3 Å². The zero-order valence-electron chi connectivity index (χ0n) is 14.3. The van der Waals surface area contributed by atoms with Crippen LogP contribution in [0.1, 0.15) is 16.6 Å². The van der Waals surface area contributed by atoms with Crippen LogP contribution in [0.4, 0.5) is 0 Å². The van der Waals surface area contributed by atoms with Crippen LogP contribution in [-0.4, -0.2) is 36.4 Å². The number of benzene rings is 1. The molecule has 0 aliphatic carbocycles. The van der Waals surface area contributed by atoms with E-state index in [9.17, 15) is 4.79 Å². The lowest BCUT2D eigenvalue weighted by Gasteiger charge is -2.23. The molecule has 0 aliphatic heterocycles. The van der Waals surface area contributed by atoms with Crippen molar-refractivity contribution in [1.82, 2.24) is 15.2 Å². The van der Waals surface area contributed by atoms with E-state index < -0.39 is 0 Å². The summed E-state index contributed by atoms with van der Waals surface area (Å²) in [4.78, 5) is 20.0. The highest BCUT2D eigenvalue weighted by Gasteiger charge is 2.17. The molecule has 1 unspecified atom stereocenters. The van der Waals surface area contributed by atoms with E-state index in [1.165, 1.54) is 4.88 Å². The number of likely N-dealkylation sites (N-methyl/N-ethyl adjacent to an activating group) is 1. The number of aromatic nitrogens is 1. The van der Waals surface area contributed by atoms with E-state index in [1.807, 2.05) is 55.9 Å². The maximum Gasteiger partial charge on any atom is 0.226 e. The van der Waals surface area contributed by atoms with Crippen molar-refractivity contribution in [3.63, 3.8) is 0 Å². The van der Waals surface area contributed by atoms with Crippen LogP contribution in [0, 0.1) is 0 Å². The fraction of sp³-hybridized carbons (Fsp3) is 0.263. The molecule has 2 heterocycles. The van der Waals surface area contributed by atoms with Crippen molar-refractivity contribution in [2.24, 2.45) is 0 Å². The molecule has 0 radical (unpaired) electrons. The summed E-state index contributed by atoms with van der Waals surface area (Å²) in [7, 11) is 4.03. The molecule has 0 aliphatic rings. The molecule has 5 nitrogen and oxygen atoms in total. The molecule has 3 rings (SSSR count). The van der Waals surface area contributed by atoms with Crippen LogP contribution in [0.2, 0.25) is 0 Å². The normalized spacial score (nSPS) is 12.3. The fourth-order valence-corrected chi connectivity index (χ4v) is 3.48. The number of nitrogens with one attached hydrogen (secondary N) is 1. The van der Waals surface area contributed by atoms with Gasteiger partial charge in [0, 0.05) is 17.0 Å². The summed E-state index contributed by atoms with van der Waals surface area (Å²) in [6.45, 7) is 0.565. The molecule has 0 saturated heterocycles. The Balaban J connectivity index is 1.57. The zero-order chi connectivity index (χ0) is 17.6. The van der Waals surface area contributed by atoms with Crippen LogP contribution < -0.4 is 5.32 Å². The Bertz CT molecular complexity index is 797. The van der Waals surface area contributed by atoms with Crippen LogP contribution in [0.5, 0.6) is 0 Å². The minimum absolute atomic E-state index is 0.0590. The summed E-state index contributed by atoms with van der Waals surface area (Å²) >= 11 is 1.70. The number of rotatable bonds is 7. The maximum absolute atomic E-state index is 12.2. The second-order valence-corrected chi connectivity index (χ2v) is 6.96. The largest absolute Gasteiger partial charge is 0.444 e. The first-order valence-electron chi connectivity index (χ1n) is 8.10. The minimum atomic E-state index is -0.0590. The number of carbonyl (C=O) groups excluding carboxylic acids is 1. The van der Waals surface area contributed by atoms with Gasteiger partial charge in [-0.15, -0.1) is 11.3 Å². The van der Waals surface area contributed by atoms with Gasteiger partial charge in [0.05, 0.1) is 18.2 Å². The number of oxazole rings is 1.